The molecule has 2 saturated heterocycles. The molecule has 3 rings (SSSR count). The van der Waals surface area contributed by atoms with Crippen LogP contribution >= 0.6 is 11.6 Å². The van der Waals surface area contributed by atoms with E-state index < -0.39 is 0 Å². The Bertz CT molecular complexity index is 623. The molecule has 0 radical (unpaired) electrons. The standard InChI is InChI=1S/C19H27ClN4O2/c1-15(25)22-10-12-24(13-11-22)19(26)21-14-18(23-8-2-3-9-23)16-4-6-17(20)7-5-16/h4-7,18H,2-3,8-14H2,1H3,(H,21,26)/t18-/m0/s1. The fourth-order valence-electron chi connectivity index (χ4n) is 3.72. The van der Waals surface area contributed by atoms with Gasteiger partial charge in [-0.3, -0.25) is 9.69 Å². The number of hydrogen-bond donors (Lipinski definition) is 1. The van der Waals surface area contributed by atoms with Crippen LogP contribution in [0.4, 0.5) is 4.79 Å². The Kier molecular flexibility index (Phi) is 6.38. The van der Waals surface area contributed by atoms with E-state index >= 15 is 0 Å². The van der Waals surface area contributed by atoms with Gasteiger partial charge in [-0.15, -0.1) is 0 Å². The van der Waals surface area contributed by atoms with E-state index in [2.05, 4.69) is 10.2 Å². The summed E-state index contributed by atoms with van der Waals surface area (Å²) in [4.78, 5) is 30.0. The summed E-state index contributed by atoms with van der Waals surface area (Å²) in [5, 5.41) is 3.82. The number of halogens is 1. The van der Waals surface area contributed by atoms with Crippen LogP contribution < -0.4 is 5.32 Å². The van der Waals surface area contributed by atoms with Crippen molar-refractivity contribution in [3.05, 3.63) is 34.9 Å². The van der Waals surface area contributed by atoms with Gasteiger partial charge < -0.3 is 15.1 Å². The first-order valence-electron chi connectivity index (χ1n) is 9.32. The minimum absolute atomic E-state index is 0.0497. The number of amides is 3. The van der Waals surface area contributed by atoms with Crippen LogP contribution in [0.25, 0.3) is 0 Å². The first kappa shape index (κ1) is 19.0. The third kappa shape index (κ3) is 4.68. The minimum Gasteiger partial charge on any atom is -0.339 e. The summed E-state index contributed by atoms with van der Waals surface area (Å²) in [6.07, 6.45) is 2.40. The lowest BCUT2D eigenvalue weighted by molar-refractivity contribution is -0.130. The number of nitrogens with zero attached hydrogens (tertiary/aromatic N) is 3. The molecular formula is C19H27ClN4O2. The zero-order valence-electron chi connectivity index (χ0n) is 15.3. The van der Waals surface area contributed by atoms with E-state index in [1.807, 2.05) is 24.3 Å². The lowest BCUT2D eigenvalue weighted by Gasteiger charge is -2.35. The van der Waals surface area contributed by atoms with Crippen molar-refractivity contribution >= 4 is 23.5 Å². The summed E-state index contributed by atoms with van der Waals surface area (Å²) in [6, 6.07) is 8.01. The fraction of sp³-hybridized carbons (Fsp3) is 0.579. The number of urea groups is 1. The first-order chi connectivity index (χ1) is 12.5. The molecule has 1 aromatic rings. The van der Waals surface area contributed by atoms with Gasteiger partial charge >= 0.3 is 6.03 Å². The van der Waals surface area contributed by atoms with Crippen LogP contribution in [0.3, 0.4) is 0 Å². The zero-order valence-corrected chi connectivity index (χ0v) is 16.0. The van der Waals surface area contributed by atoms with Gasteiger partial charge in [0.2, 0.25) is 5.91 Å². The van der Waals surface area contributed by atoms with E-state index in [-0.39, 0.29) is 18.0 Å². The monoisotopic (exact) mass is 378 g/mol. The lowest BCUT2D eigenvalue weighted by Crippen LogP contribution is -2.53. The molecule has 142 valence electrons. The van der Waals surface area contributed by atoms with Crippen LogP contribution in [0.2, 0.25) is 5.02 Å². The number of hydrogen-bond acceptors (Lipinski definition) is 3. The van der Waals surface area contributed by atoms with Crippen molar-refractivity contribution in [3.63, 3.8) is 0 Å². The van der Waals surface area contributed by atoms with Crippen LogP contribution in [0.1, 0.15) is 31.4 Å². The highest BCUT2D eigenvalue weighted by Gasteiger charge is 2.26. The minimum atomic E-state index is -0.0497. The summed E-state index contributed by atoms with van der Waals surface area (Å²) in [5.74, 6) is 0.0712. The highest BCUT2D eigenvalue weighted by molar-refractivity contribution is 6.30. The number of piperazine rings is 1. The van der Waals surface area contributed by atoms with Crippen molar-refractivity contribution < 1.29 is 9.59 Å². The van der Waals surface area contributed by atoms with Gasteiger partial charge in [0.05, 0.1) is 6.04 Å². The van der Waals surface area contributed by atoms with E-state index in [9.17, 15) is 9.59 Å². The van der Waals surface area contributed by atoms with Gasteiger partial charge in [0.1, 0.15) is 0 Å². The van der Waals surface area contributed by atoms with E-state index in [1.54, 1.807) is 16.7 Å². The van der Waals surface area contributed by atoms with Crippen LogP contribution in [0.5, 0.6) is 0 Å². The molecule has 6 nitrogen and oxygen atoms in total. The summed E-state index contributed by atoms with van der Waals surface area (Å²) in [5.41, 5.74) is 1.18. The van der Waals surface area contributed by atoms with Gasteiger partial charge in [-0.1, -0.05) is 23.7 Å². The third-order valence-electron chi connectivity index (χ3n) is 5.30. The van der Waals surface area contributed by atoms with Crippen LogP contribution in [-0.4, -0.2) is 72.5 Å². The molecule has 2 aliphatic rings. The van der Waals surface area contributed by atoms with Crippen molar-refractivity contribution in [1.29, 1.82) is 0 Å². The predicted octanol–water partition coefficient (Wildman–Crippen LogP) is 2.35. The Balaban J connectivity index is 1.58. The average Bonchev–Trinajstić information content (AvgIpc) is 3.17. The Morgan fingerprint density at radius 3 is 2.15 bits per heavy atom. The Labute approximate surface area is 160 Å². The van der Waals surface area contributed by atoms with Crippen molar-refractivity contribution in [2.75, 3.05) is 45.8 Å². The average molecular weight is 379 g/mol. The van der Waals surface area contributed by atoms with Crippen molar-refractivity contribution in [3.8, 4) is 0 Å². The number of likely N-dealkylation sites (tertiary alicyclic amines) is 1. The molecule has 2 heterocycles. The fourth-order valence-corrected chi connectivity index (χ4v) is 3.84. The summed E-state index contributed by atoms with van der Waals surface area (Å²) < 4.78 is 0. The molecule has 0 saturated carbocycles. The predicted molar refractivity (Wildman–Crippen MR) is 102 cm³/mol. The SMILES string of the molecule is CC(=O)N1CCN(C(=O)NC[C@@H](c2ccc(Cl)cc2)N2CCCC2)CC1. The van der Waals surface area contributed by atoms with E-state index in [0.29, 0.717) is 32.7 Å². The molecule has 7 heteroatoms. The van der Waals surface area contributed by atoms with E-state index in [4.69, 9.17) is 11.6 Å². The first-order valence-corrected chi connectivity index (χ1v) is 9.70. The van der Waals surface area contributed by atoms with Gasteiger partial charge in [-0.2, -0.15) is 0 Å². The molecule has 0 spiro atoms. The molecular weight excluding hydrogens is 352 g/mol. The van der Waals surface area contributed by atoms with Crippen molar-refractivity contribution in [2.24, 2.45) is 0 Å². The van der Waals surface area contributed by atoms with Crippen LogP contribution in [0, 0.1) is 0 Å². The topological polar surface area (TPSA) is 55.9 Å². The zero-order chi connectivity index (χ0) is 18.5. The van der Waals surface area contributed by atoms with Gasteiger partial charge in [-0.05, 0) is 43.6 Å². The number of nitrogens with one attached hydrogen (secondary N) is 1. The summed E-state index contributed by atoms with van der Waals surface area (Å²) in [7, 11) is 0. The normalized spacial score (nSPS) is 19.5. The molecule has 26 heavy (non-hydrogen) atoms. The molecule has 0 aromatic heterocycles. The highest BCUT2D eigenvalue weighted by Crippen LogP contribution is 2.25. The lowest BCUT2D eigenvalue weighted by atomic mass is 10.1. The van der Waals surface area contributed by atoms with Gasteiger partial charge in [0.15, 0.2) is 0 Å². The second-order valence-electron chi connectivity index (χ2n) is 6.99. The van der Waals surface area contributed by atoms with Crippen molar-refractivity contribution in [1.82, 2.24) is 20.0 Å². The second-order valence-corrected chi connectivity index (χ2v) is 7.43. The molecule has 0 bridgehead atoms. The van der Waals surface area contributed by atoms with Crippen molar-refractivity contribution in [2.45, 2.75) is 25.8 Å². The maximum absolute atomic E-state index is 12.6. The number of benzene rings is 1. The molecule has 2 aliphatic heterocycles. The van der Waals surface area contributed by atoms with E-state index in [0.717, 1.165) is 18.1 Å². The smallest absolute Gasteiger partial charge is 0.317 e. The number of carbonyl (C=O) groups is 2. The number of rotatable bonds is 4. The van der Waals surface area contributed by atoms with Gasteiger partial charge in [0.25, 0.3) is 0 Å². The third-order valence-corrected chi connectivity index (χ3v) is 5.55. The molecule has 0 aliphatic carbocycles. The number of carbonyl (C=O) groups excluding carboxylic acids is 2. The molecule has 2 fully saturated rings. The quantitative estimate of drug-likeness (QED) is 0.875. The molecule has 1 N–H and O–H groups in total. The van der Waals surface area contributed by atoms with Crippen LogP contribution in [-0.2, 0) is 4.79 Å². The molecule has 0 unspecified atom stereocenters. The Morgan fingerprint density at radius 2 is 1.58 bits per heavy atom. The molecule has 1 atom stereocenters. The Morgan fingerprint density at radius 1 is 1.00 bits per heavy atom. The second kappa shape index (κ2) is 8.73. The van der Waals surface area contributed by atoms with Crippen LogP contribution in [0.15, 0.2) is 24.3 Å². The maximum atomic E-state index is 12.6. The van der Waals surface area contributed by atoms with Gasteiger partial charge in [0, 0.05) is 44.7 Å². The van der Waals surface area contributed by atoms with E-state index in [1.165, 1.54) is 18.4 Å². The largest absolute Gasteiger partial charge is 0.339 e. The summed E-state index contributed by atoms with van der Waals surface area (Å²) in [6.45, 7) is 6.64. The summed E-state index contributed by atoms with van der Waals surface area (Å²) >= 11 is 6.02. The molecule has 1 aromatic carbocycles. The molecule has 3 amide bonds. The Hall–Kier alpha value is -1.79. The maximum Gasteiger partial charge on any atom is 0.317 e. The van der Waals surface area contributed by atoms with Gasteiger partial charge in [-0.25, -0.2) is 4.79 Å². The highest BCUT2D eigenvalue weighted by atomic mass is 35.5.